The van der Waals surface area contributed by atoms with Gasteiger partial charge in [0.2, 0.25) is 10.0 Å². The van der Waals surface area contributed by atoms with Gasteiger partial charge in [-0.25, -0.2) is 8.42 Å². The van der Waals surface area contributed by atoms with Crippen molar-refractivity contribution in [3.63, 3.8) is 0 Å². The van der Waals surface area contributed by atoms with Crippen LogP contribution in [-0.4, -0.2) is 59.5 Å². The number of alkyl halides is 3. The molecule has 3 rings (SSSR count). The van der Waals surface area contributed by atoms with E-state index in [1.807, 2.05) is 0 Å². The average molecular weight is 485 g/mol. The number of aryl methyl sites for hydroxylation is 2. The van der Waals surface area contributed by atoms with Gasteiger partial charge in [0.25, 0.3) is 5.91 Å². The lowest BCUT2D eigenvalue weighted by molar-refractivity contribution is -0.137. The van der Waals surface area contributed by atoms with Crippen molar-refractivity contribution in [3.8, 4) is 0 Å². The molecule has 0 saturated carbocycles. The summed E-state index contributed by atoms with van der Waals surface area (Å²) in [5.74, 6) is -0.381. The van der Waals surface area contributed by atoms with E-state index in [0.29, 0.717) is 11.8 Å². The fraction of sp³-hybridized carbons (Fsp3) is 0.412. The lowest BCUT2D eigenvalue weighted by atomic mass is 10.2. The van der Waals surface area contributed by atoms with Crippen LogP contribution >= 0.6 is 23.2 Å². The fourth-order valence-corrected chi connectivity index (χ4v) is 5.12. The molecule has 0 unspecified atom stereocenters. The zero-order chi connectivity index (χ0) is 22.4. The van der Waals surface area contributed by atoms with Crippen LogP contribution in [0.4, 0.5) is 13.2 Å². The Morgan fingerprint density at radius 1 is 1.13 bits per heavy atom. The first-order valence-corrected chi connectivity index (χ1v) is 10.9. The summed E-state index contributed by atoms with van der Waals surface area (Å²) >= 11 is 11.7. The Morgan fingerprint density at radius 2 is 1.73 bits per heavy atom. The molecule has 0 bridgehead atoms. The van der Waals surface area contributed by atoms with Gasteiger partial charge in [-0.3, -0.25) is 9.48 Å². The minimum absolute atomic E-state index is 0.0580. The molecule has 0 N–H and O–H groups in total. The van der Waals surface area contributed by atoms with Gasteiger partial charge in [-0.2, -0.15) is 22.6 Å². The highest BCUT2D eigenvalue weighted by Gasteiger charge is 2.37. The first kappa shape index (κ1) is 22.9. The summed E-state index contributed by atoms with van der Waals surface area (Å²) < 4.78 is 67.2. The molecule has 2 heterocycles. The van der Waals surface area contributed by atoms with Crippen molar-refractivity contribution in [2.75, 3.05) is 26.2 Å². The molecule has 1 fully saturated rings. The van der Waals surface area contributed by atoms with Gasteiger partial charge < -0.3 is 4.90 Å². The number of halogens is 5. The van der Waals surface area contributed by atoms with Crippen LogP contribution in [0.1, 0.15) is 21.6 Å². The molecular formula is C17H17Cl2F3N4O3S. The van der Waals surface area contributed by atoms with Crippen molar-refractivity contribution in [1.82, 2.24) is 19.0 Å². The molecule has 2 aromatic rings. The zero-order valence-corrected chi connectivity index (χ0v) is 18.2. The van der Waals surface area contributed by atoms with E-state index in [4.69, 9.17) is 23.2 Å². The largest absolute Gasteiger partial charge is 0.417 e. The molecule has 0 radical (unpaired) electrons. The molecule has 7 nitrogen and oxygen atoms in total. The van der Waals surface area contributed by atoms with Gasteiger partial charge in [-0.05, 0) is 25.1 Å². The maximum absolute atomic E-state index is 13.1. The third kappa shape index (κ3) is 4.16. The average Bonchev–Trinajstić information content (AvgIpc) is 2.92. The summed E-state index contributed by atoms with van der Waals surface area (Å²) in [6.45, 7) is 1.60. The van der Waals surface area contributed by atoms with E-state index < -0.39 is 31.7 Å². The van der Waals surface area contributed by atoms with Crippen LogP contribution in [0.15, 0.2) is 23.1 Å². The van der Waals surface area contributed by atoms with Crippen LogP contribution in [0.25, 0.3) is 0 Å². The number of hydrogen-bond donors (Lipinski definition) is 0. The third-order valence-corrected chi connectivity index (χ3v) is 7.43. The fourth-order valence-electron chi connectivity index (χ4n) is 3.19. The molecular weight excluding hydrogens is 468 g/mol. The predicted molar refractivity (Wildman–Crippen MR) is 104 cm³/mol. The zero-order valence-electron chi connectivity index (χ0n) is 15.9. The van der Waals surface area contributed by atoms with E-state index in [1.54, 1.807) is 14.0 Å². The molecule has 1 amide bonds. The van der Waals surface area contributed by atoms with Gasteiger partial charge in [-0.1, -0.05) is 23.2 Å². The normalized spacial score (nSPS) is 16.2. The second kappa shape index (κ2) is 8.03. The molecule has 164 valence electrons. The summed E-state index contributed by atoms with van der Waals surface area (Å²) in [6, 6.07) is 2.46. The van der Waals surface area contributed by atoms with Crippen LogP contribution in [0.5, 0.6) is 0 Å². The van der Waals surface area contributed by atoms with Gasteiger partial charge in [0, 0.05) is 33.2 Å². The number of hydrogen-bond acceptors (Lipinski definition) is 4. The summed E-state index contributed by atoms with van der Waals surface area (Å²) in [7, 11) is -2.60. The standard InChI is InChI=1S/C17H17Cl2F3N4O3S/c1-10-14(15(19)24(2)23-10)16(27)25-5-7-26(8-6-25)30(28,29)11-3-4-13(18)12(9-11)17(20,21)22/h3-4,9H,5-8H2,1-2H3. The number of piperazine rings is 1. The number of aromatic nitrogens is 2. The van der Waals surface area contributed by atoms with Crippen LogP contribution in [0.2, 0.25) is 10.2 Å². The Labute approximate surface area is 181 Å². The number of nitrogens with zero attached hydrogens (tertiary/aromatic N) is 4. The number of rotatable bonds is 3. The van der Waals surface area contributed by atoms with Crippen LogP contribution < -0.4 is 0 Å². The molecule has 0 spiro atoms. The Morgan fingerprint density at radius 3 is 2.23 bits per heavy atom. The van der Waals surface area contributed by atoms with E-state index >= 15 is 0 Å². The highest BCUT2D eigenvalue weighted by Crippen LogP contribution is 2.36. The third-order valence-electron chi connectivity index (χ3n) is 4.77. The van der Waals surface area contributed by atoms with E-state index in [1.165, 1.54) is 9.58 Å². The molecule has 1 aliphatic rings. The summed E-state index contributed by atoms with van der Waals surface area (Å²) in [5, 5.41) is 3.68. The molecule has 1 aliphatic heterocycles. The van der Waals surface area contributed by atoms with E-state index in [0.717, 1.165) is 16.4 Å². The Hall–Kier alpha value is -1.82. The van der Waals surface area contributed by atoms with Gasteiger partial charge in [-0.15, -0.1) is 0 Å². The van der Waals surface area contributed by atoms with Crippen LogP contribution in [0, 0.1) is 6.92 Å². The van der Waals surface area contributed by atoms with Crippen molar-refractivity contribution in [3.05, 3.63) is 45.2 Å². The Kier molecular flexibility index (Phi) is 6.11. The monoisotopic (exact) mass is 484 g/mol. The molecule has 13 heteroatoms. The second-order valence-corrected chi connectivity index (χ2v) is 9.41. The maximum Gasteiger partial charge on any atom is 0.417 e. The van der Waals surface area contributed by atoms with Crippen molar-refractivity contribution < 1.29 is 26.4 Å². The van der Waals surface area contributed by atoms with E-state index in [9.17, 15) is 26.4 Å². The first-order valence-electron chi connectivity index (χ1n) is 8.69. The van der Waals surface area contributed by atoms with Gasteiger partial charge in [0.1, 0.15) is 5.15 Å². The van der Waals surface area contributed by atoms with E-state index in [-0.39, 0.29) is 42.8 Å². The lowest BCUT2D eigenvalue weighted by Gasteiger charge is -2.34. The summed E-state index contributed by atoms with van der Waals surface area (Å²) in [5.41, 5.74) is -0.535. The van der Waals surface area contributed by atoms with Crippen molar-refractivity contribution >= 4 is 39.1 Å². The van der Waals surface area contributed by atoms with Gasteiger partial charge >= 0.3 is 6.18 Å². The highest BCUT2D eigenvalue weighted by molar-refractivity contribution is 7.89. The SMILES string of the molecule is Cc1nn(C)c(Cl)c1C(=O)N1CCN(S(=O)(=O)c2ccc(Cl)c(C(F)(F)F)c2)CC1. The van der Waals surface area contributed by atoms with Crippen molar-refractivity contribution in [1.29, 1.82) is 0 Å². The highest BCUT2D eigenvalue weighted by atomic mass is 35.5. The summed E-state index contributed by atoms with van der Waals surface area (Å²) in [4.78, 5) is 13.7. The lowest BCUT2D eigenvalue weighted by Crippen LogP contribution is -2.50. The molecule has 1 aromatic heterocycles. The molecule has 1 aromatic carbocycles. The smallest absolute Gasteiger partial charge is 0.336 e. The van der Waals surface area contributed by atoms with Gasteiger partial charge in [0.15, 0.2) is 0 Å². The molecule has 0 aliphatic carbocycles. The minimum atomic E-state index is -4.78. The second-order valence-electron chi connectivity index (χ2n) is 6.71. The molecule has 1 saturated heterocycles. The van der Waals surface area contributed by atoms with E-state index in [2.05, 4.69) is 5.10 Å². The summed E-state index contributed by atoms with van der Waals surface area (Å²) in [6.07, 6.45) is -4.78. The number of amides is 1. The van der Waals surface area contributed by atoms with Crippen molar-refractivity contribution in [2.24, 2.45) is 7.05 Å². The molecule has 0 atom stereocenters. The topological polar surface area (TPSA) is 75.5 Å². The number of benzene rings is 1. The first-order chi connectivity index (χ1) is 13.8. The minimum Gasteiger partial charge on any atom is -0.336 e. The quantitative estimate of drug-likeness (QED) is 0.670. The maximum atomic E-state index is 13.1. The van der Waals surface area contributed by atoms with Gasteiger partial charge in [0.05, 0.1) is 26.7 Å². The Balaban J connectivity index is 1.78. The van der Waals surface area contributed by atoms with Crippen LogP contribution in [0.3, 0.4) is 0 Å². The number of sulfonamides is 1. The molecule has 30 heavy (non-hydrogen) atoms. The van der Waals surface area contributed by atoms with Crippen molar-refractivity contribution in [2.45, 2.75) is 18.0 Å². The Bertz CT molecular complexity index is 1090. The number of carbonyl (C=O) groups excluding carboxylic acids is 1. The van der Waals surface area contributed by atoms with Crippen LogP contribution in [-0.2, 0) is 23.2 Å². The number of carbonyl (C=O) groups is 1. The predicted octanol–water partition coefficient (Wildman–Crippen LogP) is 3.20.